The molecular weight excluding hydrogens is 144 g/mol. The highest BCUT2D eigenvalue weighted by atomic mass is 14.6. The lowest BCUT2D eigenvalue weighted by Crippen LogP contribution is -2.29. The van der Waals surface area contributed by atoms with Crippen LogP contribution in [0.4, 0.5) is 0 Å². The molecule has 0 aromatic carbocycles. The summed E-state index contributed by atoms with van der Waals surface area (Å²) in [7, 11) is 0. The molecule has 0 aromatic heterocycles. The summed E-state index contributed by atoms with van der Waals surface area (Å²) >= 11 is 0. The van der Waals surface area contributed by atoms with Crippen LogP contribution >= 0.6 is 0 Å². The number of allylic oxidation sites excluding steroid dienone is 2. The standard InChI is InChI=1S/C12H20/c1-8-9(2)12(5)7-6-10(8)11(12,3)4/h10H,6-7H2,1-5H3. The summed E-state index contributed by atoms with van der Waals surface area (Å²) in [5.74, 6) is 0.877. The van der Waals surface area contributed by atoms with Gasteiger partial charge in [-0.25, -0.2) is 0 Å². The van der Waals surface area contributed by atoms with E-state index < -0.39 is 0 Å². The highest BCUT2D eigenvalue weighted by Crippen LogP contribution is 2.67. The third-order valence-electron chi connectivity index (χ3n) is 5.17. The fourth-order valence-electron chi connectivity index (χ4n) is 3.63. The van der Waals surface area contributed by atoms with Crippen LogP contribution in [-0.2, 0) is 0 Å². The monoisotopic (exact) mass is 164 g/mol. The largest absolute Gasteiger partial charge is 0.0702 e. The van der Waals surface area contributed by atoms with Gasteiger partial charge in [-0.15, -0.1) is 0 Å². The molecule has 0 N–H and O–H groups in total. The van der Waals surface area contributed by atoms with Crippen molar-refractivity contribution in [1.82, 2.24) is 0 Å². The molecule has 2 unspecified atom stereocenters. The molecule has 0 amide bonds. The average Bonchev–Trinajstić information content (AvgIpc) is 2.26. The first-order valence-corrected chi connectivity index (χ1v) is 5.09. The van der Waals surface area contributed by atoms with Crippen molar-refractivity contribution in [2.45, 2.75) is 47.5 Å². The zero-order chi connectivity index (χ0) is 9.15. The summed E-state index contributed by atoms with van der Waals surface area (Å²) < 4.78 is 0. The maximum Gasteiger partial charge on any atom is -0.00594 e. The van der Waals surface area contributed by atoms with Crippen LogP contribution < -0.4 is 0 Å². The molecule has 0 heterocycles. The molecule has 68 valence electrons. The summed E-state index contributed by atoms with van der Waals surface area (Å²) in [4.78, 5) is 0. The Morgan fingerprint density at radius 3 is 2.00 bits per heavy atom. The molecule has 0 aromatic rings. The van der Waals surface area contributed by atoms with E-state index in [-0.39, 0.29) is 0 Å². The molecule has 1 saturated carbocycles. The van der Waals surface area contributed by atoms with Crippen LogP contribution in [-0.4, -0.2) is 0 Å². The summed E-state index contributed by atoms with van der Waals surface area (Å²) in [5, 5.41) is 0. The minimum Gasteiger partial charge on any atom is -0.0702 e. The Labute approximate surface area is 76.1 Å². The van der Waals surface area contributed by atoms with Crippen LogP contribution in [0.1, 0.15) is 47.5 Å². The van der Waals surface area contributed by atoms with Gasteiger partial charge in [-0.1, -0.05) is 31.9 Å². The van der Waals surface area contributed by atoms with Crippen LogP contribution in [0.2, 0.25) is 0 Å². The predicted octanol–water partition coefficient (Wildman–Crippen LogP) is 3.78. The molecule has 2 rings (SSSR count). The predicted molar refractivity (Wildman–Crippen MR) is 53.0 cm³/mol. The number of hydrogen-bond acceptors (Lipinski definition) is 0. The summed E-state index contributed by atoms with van der Waals surface area (Å²) in [5.41, 5.74) is 4.42. The quantitative estimate of drug-likeness (QED) is 0.478. The van der Waals surface area contributed by atoms with E-state index in [1.54, 1.807) is 11.1 Å². The van der Waals surface area contributed by atoms with Crippen molar-refractivity contribution in [2.24, 2.45) is 16.7 Å². The van der Waals surface area contributed by atoms with Crippen LogP contribution in [0, 0.1) is 16.7 Å². The van der Waals surface area contributed by atoms with Gasteiger partial charge < -0.3 is 0 Å². The van der Waals surface area contributed by atoms with E-state index in [1.165, 1.54) is 12.8 Å². The fraction of sp³-hybridized carbons (Fsp3) is 0.833. The Balaban J connectivity index is 2.56. The van der Waals surface area contributed by atoms with Crippen molar-refractivity contribution in [1.29, 1.82) is 0 Å². The normalized spacial score (nSPS) is 44.2. The Morgan fingerprint density at radius 1 is 1.17 bits per heavy atom. The van der Waals surface area contributed by atoms with Gasteiger partial charge in [0.25, 0.3) is 0 Å². The molecule has 2 bridgehead atoms. The summed E-state index contributed by atoms with van der Waals surface area (Å²) in [6.07, 6.45) is 2.83. The van der Waals surface area contributed by atoms with E-state index in [0.29, 0.717) is 10.8 Å². The second-order valence-electron chi connectivity index (χ2n) is 5.45. The Kier molecular flexibility index (Phi) is 1.37. The molecule has 0 spiro atoms. The molecular formula is C12H20. The molecule has 0 saturated heterocycles. The molecule has 1 fully saturated rings. The van der Waals surface area contributed by atoms with Crippen molar-refractivity contribution in [3.63, 3.8) is 0 Å². The van der Waals surface area contributed by atoms with Gasteiger partial charge >= 0.3 is 0 Å². The topological polar surface area (TPSA) is 0 Å². The molecule has 2 atom stereocenters. The van der Waals surface area contributed by atoms with Crippen molar-refractivity contribution >= 4 is 0 Å². The molecule has 12 heavy (non-hydrogen) atoms. The van der Waals surface area contributed by atoms with E-state index >= 15 is 0 Å². The first kappa shape index (κ1) is 8.34. The third-order valence-corrected chi connectivity index (χ3v) is 5.17. The fourth-order valence-corrected chi connectivity index (χ4v) is 3.63. The smallest absolute Gasteiger partial charge is 0.00594 e. The van der Waals surface area contributed by atoms with Crippen molar-refractivity contribution < 1.29 is 0 Å². The second-order valence-corrected chi connectivity index (χ2v) is 5.45. The number of hydrogen-bond donors (Lipinski definition) is 0. The van der Waals surface area contributed by atoms with Gasteiger partial charge in [0.2, 0.25) is 0 Å². The summed E-state index contributed by atoms with van der Waals surface area (Å²) in [6.45, 7) is 12.0. The molecule has 2 aliphatic rings. The van der Waals surface area contributed by atoms with Crippen LogP contribution in [0.5, 0.6) is 0 Å². The van der Waals surface area contributed by atoms with Crippen molar-refractivity contribution in [3.05, 3.63) is 11.1 Å². The molecule has 0 aliphatic heterocycles. The number of rotatable bonds is 0. The molecule has 0 heteroatoms. The lowest BCUT2D eigenvalue weighted by Gasteiger charge is -2.36. The highest BCUT2D eigenvalue weighted by Gasteiger charge is 2.57. The lowest BCUT2D eigenvalue weighted by molar-refractivity contribution is 0.170. The highest BCUT2D eigenvalue weighted by molar-refractivity contribution is 5.36. The van der Waals surface area contributed by atoms with E-state index in [1.807, 2.05) is 0 Å². The van der Waals surface area contributed by atoms with E-state index in [0.717, 1.165) is 5.92 Å². The lowest BCUT2D eigenvalue weighted by atomic mass is 9.68. The van der Waals surface area contributed by atoms with Crippen LogP contribution in [0.25, 0.3) is 0 Å². The van der Waals surface area contributed by atoms with E-state index in [2.05, 4.69) is 34.6 Å². The van der Waals surface area contributed by atoms with Gasteiger partial charge in [0.05, 0.1) is 0 Å². The molecule has 0 nitrogen and oxygen atoms in total. The Hall–Kier alpha value is -0.260. The van der Waals surface area contributed by atoms with E-state index in [4.69, 9.17) is 0 Å². The van der Waals surface area contributed by atoms with Gasteiger partial charge in [-0.2, -0.15) is 0 Å². The third kappa shape index (κ3) is 0.616. The zero-order valence-corrected chi connectivity index (χ0v) is 8.99. The maximum absolute atomic E-state index is 2.46. The van der Waals surface area contributed by atoms with Crippen LogP contribution in [0.15, 0.2) is 11.1 Å². The minimum absolute atomic E-state index is 0.516. The van der Waals surface area contributed by atoms with E-state index in [9.17, 15) is 0 Å². The first-order valence-electron chi connectivity index (χ1n) is 5.09. The van der Waals surface area contributed by atoms with Crippen molar-refractivity contribution in [3.8, 4) is 0 Å². The second kappa shape index (κ2) is 1.97. The first-order chi connectivity index (χ1) is 5.41. The van der Waals surface area contributed by atoms with Gasteiger partial charge in [-0.3, -0.25) is 0 Å². The Morgan fingerprint density at radius 2 is 1.75 bits per heavy atom. The van der Waals surface area contributed by atoms with Gasteiger partial charge in [-0.05, 0) is 43.4 Å². The molecule has 0 radical (unpaired) electrons. The van der Waals surface area contributed by atoms with Gasteiger partial charge in [0.15, 0.2) is 0 Å². The molecule has 2 aliphatic carbocycles. The van der Waals surface area contributed by atoms with Crippen LogP contribution in [0.3, 0.4) is 0 Å². The number of fused-ring (bicyclic) bond motifs is 2. The van der Waals surface area contributed by atoms with Gasteiger partial charge in [0, 0.05) is 0 Å². The Bertz CT molecular complexity index is 257. The minimum atomic E-state index is 0.516. The van der Waals surface area contributed by atoms with Gasteiger partial charge in [0.1, 0.15) is 0 Å². The zero-order valence-electron chi connectivity index (χ0n) is 8.99. The van der Waals surface area contributed by atoms with Crippen molar-refractivity contribution in [2.75, 3.05) is 0 Å². The SMILES string of the molecule is CC1=C(C)C2(C)CCC1C2(C)C. The average molecular weight is 164 g/mol. The maximum atomic E-state index is 2.46. The summed E-state index contributed by atoms with van der Waals surface area (Å²) in [6, 6.07) is 0.